The van der Waals surface area contributed by atoms with Crippen LogP contribution in [0.5, 0.6) is 5.75 Å². The Morgan fingerprint density at radius 2 is 2.14 bits per heavy atom. The Labute approximate surface area is 89.9 Å². The van der Waals surface area contributed by atoms with Gasteiger partial charge in [0.05, 0.1) is 11.1 Å². The Morgan fingerprint density at radius 1 is 1.50 bits per heavy atom. The summed E-state index contributed by atoms with van der Waals surface area (Å²) in [7, 11) is -3.95. The van der Waals surface area contributed by atoms with Crippen molar-refractivity contribution in [3.8, 4) is 5.75 Å². The summed E-state index contributed by atoms with van der Waals surface area (Å²) in [6, 6.07) is 4.64. The van der Waals surface area contributed by atoms with Crippen LogP contribution in [0, 0.1) is 0 Å². The Bertz CT molecular complexity index is 431. The fourth-order valence-corrected chi connectivity index (χ4v) is 1.49. The van der Waals surface area contributed by atoms with Crippen molar-refractivity contribution < 1.29 is 17.7 Å². The number of hydrogen-bond acceptors (Lipinski definition) is 4. The molecule has 0 saturated heterocycles. The molecule has 78 valence electrons. The van der Waals surface area contributed by atoms with Crippen LogP contribution in [0.15, 0.2) is 22.7 Å². The molecule has 0 aliphatic heterocycles. The topological polar surface area (TPSA) is 89.6 Å². The molecule has 5 nitrogen and oxygen atoms in total. The van der Waals surface area contributed by atoms with Crippen LogP contribution in [-0.2, 0) is 21.1 Å². The summed E-state index contributed by atoms with van der Waals surface area (Å²) in [5.41, 5.74) is 0.499. The third-order valence-corrected chi connectivity index (χ3v) is 2.80. The van der Waals surface area contributed by atoms with Gasteiger partial charge in [0.15, 0.2) is 0 Å². The number of aromatic hydroxyl groups is 1. The van der Waals surface area contributed by atoms with E-state index in [4.69, 9.17) is 0 Å². The predicted molar refractivity (Wildman–Crippen MR) is 53.7 cm³/mol. The molecule has 0 heterocycles. The van der Waals surface area contributed by atoms with E-state index in [1.54, 1.807) is 12.1 Å². The minimum atomic E-state index is -3.95. The Kier molecular flexibility index (Phi) is 3.48. The highest BCUT2D eigenvalue weighted by Crippen LogP contribution is 2.27. The van der Waals surface area contributed by atoms with E-state index in [1.165, 1.54) is 6.07 Å². The number of phenols is 1. The van der Waals surface area contributed by atoms with Crippen molar-refractivity contribution in [3.63, 3.8) is 0 Å². The van der Waals surface area contributed by atoms with Gasteiger partial charge in [-0.05, 0) is 27.6 Å². The van der Waals surface area contributed by atoms with Crippen LogP contribution in [0.3, 0.4) is 0 Å². The fraction of sp³-hybridized carbons (Fsp3) is 0.143. The highest BCUT2D eigenvalue weighted by Gasteiger charge is 2.08. The van der Waals surface area contributed by atoms with Crippen LogP contribution in [-0.4, -0.2) is 13.5 Å². The number of nitrogens with two attached hydrogens (primary N) is 1. The van der Waals surface area contributed by atoms with E-state index in [0.717, 1.165) is 0 Å². The molecule has 1 aromatic carbocycles. The molecular weight excluding hydrogens is 274 g/mol. The molecule has 1 rings (SSSR count). The maximum atomic E-state index is 10.5. The van der Waals surface area contributed by atoms with Gasteiger partial charge in [-0.2, -0.15) is 8.42 Å². The van der Waals surface area contributed by atoms with Gasteiger partial charge < -0.3 is 5.11 Å². The molecular formula is C7H8BrNO4S. The van der Waals surface area contributed by atoms with E-state index in [0.29, 0.717) is 10.0 Å². The van der Waals surface area contributed by atoms with Gasteiger partial charge in [-0.3, -0.25) is 4.18 Å². The summed E-state index contributed by atoms with van der Waals surface area (Å²) in [6.45, 7) is -0.214. The highest BCUT2D eigenvalue weighted by atomic mass is 79.9. The summed E-state index contributed by atoms with van der Waals surface area (Å²) in [6.07, 6.45) is 0. The molecule has 0 fully saturated rings. The zero-order valence-corrected chi connectivity index (χ0v) is 9.38. The first-order valence-electron chi connectivity index (χ1n) is 3.53. The van der Waals surface area contributed by atoms with E-state index in [2.05, 4.69) is 25.3 Å². The highest BCUT2D eigenvalue weighted by molar-refractivity contribution is 9.10. The van der Waals surface area contributed by atoms with Gasteiger partial charge in [0.2, 0.25) is 0 Å². The van der Waals surface area contributed by atoms with Gasteiger partial charge in [-0.15, -0.1) is 0 Å². The van der Waals surface area contributed by atoms with Crippen LogP contribution >= 0.6 is 15.9 Å². The third-order valence-electron chi connectivity index (χ3n) is 1.44. The Morgan fingerprint density at radius 3 is 2.71 bits per heavy atom. The number of halogens is 1. The lowest BCUT2D eigenvalue weighted by molar-refractivity contribution is 0.307. The summed E-state index contributed by atoms with van der Waals surface area (Å²) in [5.74, 6) is 0.0144. The molecule has 1 aromatic rings. The van der Waals surface area contributed by atoms with E-state index in [1.807, 2.05) is 0 Å². The van der Waals surface area contributed by atoms with Crippen molar-refractivity contribution >= 4 is 26.2 Å². The maximum Gasteiger partial charge on any atom is 0.333 e. The smallest absolute Gasteiger partial charge is 0.333 e. The van der Waals surface area contributed by atoms with Crippen molar-refractivity contribution in [1.82, 2.24) is 0 Å². The van der Waals surface area contributed by atoms with Crippen molar-refractivity contribution in [1.29, 1.82) is 0 Å². The van der Waals surface area contributed by atoms with Gasteiger partial charge in [0.25, 0.3) is 0 Å². The van der Waals surface area contributed by atoms with Gasteiger partial charge in [0.1, 0.15) is 5.75 Å². The minimum Gasteiger partial charge on any atom is -0.507 e. The zero-order valence-electron chi connectivity index (χ0n) is 6.97. The lowest BCUT2D eigenvalue weighted by Gasteiger charge is -2.05. The summed E-state index contributed by atoms with van der Waals surface area (Å²) >= 11 is 3.08. The van der Waals surface area contributed by atoms with Gasteiger partial charge >= 0.3 is 10.3 Å². The molecule has 14 heavy (non-hydrogen) atoms. The van der Waals surface area contributed by atoms with Gasteiger partial charge in [-0.25, -0.2) is 5.14 Å². The molecule has 0 bridgehead atoms. The van der Waals surface area contributed by atoms with Crippen LogP contribution in [0.1, 0.15) is 5.56 Å². The molecule has 0 aliphatic rings. The predicted octanol–water partition coefficient (Wildman–Crippen LogP) is 0.875. The van der Waals surface area contributed by atoms with E-state index in [9.17, 15) is 13.5 Å². The summed E-state index contributed by atoms with van der Waals surface area (Å²) < 4.78 is 25.7. The van der Waals surface area contributed by atoms with Crippen LogP contribution in [0.25, 0.3) is 0 Å². The van der Waals surface area contributed by atoms with Crippen LogP contribution in [0.2, 0.25) is 0 Å². The fourth-order valence-electron chi connectivity index (χ4n) is 0.823. The normalized spacial score (nSPS) is 11.6. The lowest BCUT2D eigenvalue weighted by atomic mass is 10.2. The van der Waals surface area contributed by atoms with Crippen molar-refractivity contribution in [3.05, 3.63) is 28.2 Å². The molecule has 0 spiro atoms. The molecule has 0 amide bonds. The first kappa shape index (κ1) is 11.4. The maximum absolute atomic E-state index is 10.5. The van der Waals surface area contributed by atoms with Crippen LogP contribution < -0.4 is 5.14 Å². The number of benzene rings is 1. The first-order chi connectivity index (χ1) is 6.40. The number of rotatable bonds is 3. The molecule has 0 atom stereocenters. The zero-order chi connectivity index (χ0) is 10.8. The molecule has 0 unspecified atom stereocenters. The third kappa shape index (κ3) is 3.26. The van der Waals surface area contributed by atoms with Gasteiger partial charge in [0, 0.05) is 0 Å². The monoisotopic (exact) mass is 281 g/mol. The molecule has 0 aliphatic carbocycles. The average molecular weight is 282 g/mol. The minimum absolute atomic E-state index is 0.0144. The summed E-state index contributed by atoms with van der Waals surface area (Å²) in [4.78, 5) is 0. The average Bonchev–Trinajstić information content (AvgIpc) is 2.06. The Balaban J connectivity index is 2.83. The standard InChI is InChI=1S/C7H8BrNO4S/c8-7-5(2-1-3-6(7)10)4-13-14(9,11)12/h1-3,10H,4H2,(H2,9,11,12). The number of hydrogen-bond donors (Lipinski definition) is 2. The molecule has 7 heteroatoms. The van der Waals surface area contributed by atoms with Crippen LogP contribution in [0.4, 0.5) is 0 Å². The molecule has 0 saturated carbocycles. The second-order valence-corrected chi connectivity index (χ2v) is 4.52. The number of phenolic OH excluding ortho intramolecular Hbond substituents is 1. The van der Waals surface area contributed by atoms with E-state index < -0.39 is 10.3 Å². The second-order valence-electron chi connectivity index (χ2n) is 2.51. The lowest BCUT2D eigenvalue weighted by Crippen LogP contribution is -2.15. The molecule has 0 aromatic heterocycles. The Hall–Kier alpha value is -0.630. The van der Waals surface area contributed by atoms with Crippen molar-refractivity contribution in [2.45, 2.75) is 6.61 Å². The molecule has 3 N–H and O–H groups in total. The first-order valence-corrected chi connectivity index (χ1v) is 5.80. The van der Waals surface area contributed by atoms with Gasteiger partial charge in [-0.1, -0.05) is 12.1 Å². The second kappa shape index (κ2) is 4.26. The SMILES string of the molecule is NS(=O)(=O)OCc1cccc(O)c1Br. The van der Waals surface area contributed by atoms with E-state index >= 15 is 0 Å². The quantitative estimate of drug-likeness (QED) is 0.861. The van der Waals surface area contributed by atoms with Crippen molar-refractivity contribution in [2.24, 2.45) is 5.14 Å². The summed E-state index contributed by atoms with van der Waals surface area (Å²) in [5, 5.41) is 13.9. The van der Waals surface area contributed by atoms with Crippen molar-refractivity contribution in [2.75, 3.05) is 0 Å². The van der Waals surface area contributed by atoms with E-state index in [-0.39, 0.29) is 12.4 Å². The molecule has 0 radical (unpaired) electrons. The largest absolute Gasteiger partial charge is 0.507 e.